The van der Waals surface area contributed by atoms with Crippen LogP contribution in [0, 0.1) is 0 Å². The number of carbonyl (C=O) groups is 2. The van der Waals surface area contributed by atoms with Crippen LogP contribution >= 0.6 is 0 Å². The maximum atomic E-state index is 12.0. The highest BCUT2D eigenvalue weighted by Crippen LogP contribution is 2.28. The van der Waals surface area contributed by atoms with Gasteiger partial charge in [-0.15, -0.1) is 0 Å². The van der Waals surface area contributed by atoms with Crippen LogP contribution in [0.25, 0.3) is 0 Å². The molecular weight excluding hydrogens is 230 g/mol. The van der Waals surface area contributed by atoms with Crippen molar-refractivity contribution in [1.82, 2.24) is 0 Å². The molecule has 0 aliphatic heterocycles. The van der Waals surface area contributed by atoms with Crippen LogP contribution in [0.15, 0.2) is 24.3 Å². The predicted molar refractivity (Wildman–Crippen MR) is 69.0 cm³/mol. The van der Waals surface area contributed by atoms with Crippen molar-refractivity contribution in [2.75, 3.05) is 5.32 Å². The Morgan fingerprint density at radius 1 is 1.11 bits per heavy atom. The van der Waals surface area contributed by atoms with Gasteiger partial charge in [-0.1, -0.05) is 12.8 Å². The van der Waals surface area contributed by atoms with Gasteiger partial charge in [-0.05, 0) is 37.1 Å². The van der Waals surface area contributed by atoms with Crippen LogP contribution in [0.3, 0.4) is 0 Å². The maximum absolute atomic E-state index is 12.0. The summed E-state index contributed by atoms with van der Waals surface area (Å²) in [5.74, 6) is -0.647. The Kier molecular flexibility index (Phi) is 3.34. The van der Waals surface area contributed by atoms with Crippen LogP contribution in [-0.2, 0) is 4.79 Å². The summed E-state index contributed by atoms with van der Waals surface area (Å²) in [4.78, 5) is 22.9. The normalized spacial score (nSPS) is 17.4. The lowest BCUT2D eigenvalue weighted by atomic mass is 9.98. The first-order valence-corrected chi connectivity index (χ1v) is 6.01. The van der Waals surface area contributed by atoms with Crippen molar-refractivity contribution in [3.8, 4) is 0 Å². The zero-order valence-corrected chi connectivity index (χ0v) is 10.1. The molecule has 1 aromatic carbocycles. The summed E-state index contributed by atoms with van der Waals surface area (Å²) in [5, 5.41) is 2.77. The van der Waals surface area contributed by atoms with Gasteiger partial charge in [0.25, 0.3) is 0 Å². The minimum absolute atomic E-state index is 0.160. The number of hydrogen-bond donors (Lipinski definition) is 3. The Morgan fingerprint density at radius 3 is 2.17 bits per heavy atom. The second kappa shape index (κ2) is 4.78. The highest BCUT2D eigenvalue weighted by molar-refractivity contribution is 5.99. The second-order valence-electron chi connectivity index (χ2n) is 4.76. The molecule has 0 unspecified atom stereocenters. The molecule has 2 rings (SSSR count). The molecule has 96 valence electrons. The zero-order chi connectivity index (χ0) is 13.2. The third-order valence-electron chi connectivity index (χ3n) is 3.38. The largest absolute Gasteiger partial charge is 0.366 e. The molecule has 1 fully saturated rings. The minimum atomic E-state index is -0.748. The topological polar surface area (TPSA) is 98.2 Å². The van der Waals surface area contributed by atoms with E-state index in [0.717, 1.165) is 25.7 Å². The lowest BCUT2D eigenvalue weighted by molar-refractivity contribution is -0.121. The number of nitrogens with two attached hydrogens (primary N) is 2. The van der Waals surface area contributed by atoms with E-state index in [-0.39, 0.29) is 5.91 Å². The molecule has 0 saturated heterocycles. The van der Waals surface area contributed by atoms with Gasteiger partial charge in [-0.3, -0.25) is 9.59 Å². The van der Waals surface area contributed by atoms with Crippen LogP contribution < -0.4 is 16.8 Å². The van der Waals surface area contributed by atoms with Crippen molar-refractivity contribution in [2.24, 2.45) is 11.5 Å². The molecule has 18 heavy (non-hydrogen) atoms. The first kappa shape index (κ1) is 12.6. The van der Waals surface area contributed by atoms with Gasteiger partial charge in [0.2, 0.25) is 11.8 Å². The van der Waals surface area contributed by atoms with Crippen molar-refractivity contribution in [3.05, 3.63) is 29.8 Å². The van der Waals surface area contributed by atoms with Gasteiger partial charge in [0, 0.05) is 11.3 Å². The van der Waals surface area contributed by atoms with E-state index >= 15 is 0 Å². The van der Waals surface area contributed by atoms with E-state index in [1.54, 1.807) is 24.3 Å². The second-order valence-corrected chi connectivity index (χ2v) is 4.76. The van der Waals surface area contributed by atoms with E-state index in [1.165, 1.54) is 0 Å². The fourth-order valence-corrected chi connectivity index (χ4v) is 2.21. The number of amides is 2. The lowest BCUT2D eigenvalue weighted by Gasteiger charge is -2.22. The summed E-state index contributed by atoms with van der Waals surface area (Å²) < 4.78 is 0. The van der Waals surface area contributed by atoms with Gasteiger partial charge in [0.1, 0.15) is 0 Å². The summed E-state index contributed by atoms with van der Waals surface area (Å²) in [6.45, 7) is 0. The van der Waals surface area contributed by atoms with E-state index in [4.69, 9.17) is 11.5 Å². The molecule has 0 aromatic heterocycles. The summed E-state index contributed by atoms with van der Waals surface area (Å²) in [5.41, 5.74) is 11.5. The number of carbonyl (C=O) groups excluding carboxylic acids is 2. The van der Waals surface area contributed by atoms with Crippen LogP contribution in [0.1, 0.15) is 36.0 Å². The molecule has 0 atom stereocenters. The molecule has 0 radical (unpaired) electrons. The Morgan fingerprint density at radius 2 is 1.67 bits per heavy atom. The number of nitrogens with one attached hydrogen (secondary N) is 1. The van der Waals surface area contributed by atoms with Crippen molar-refractivity contribution < 1.29 is 9.59 Å². The summed E-state index contributed by atoms with van der Waals surface area (Å²) in [7, 11) is 0. The quantitative estimate of drug-likeness (QED) is 0.743. The smallest absolute Gasteiger partial charge is 0.248 e. The first-order valence-electron chi connectivity index (χ1n) is 6.01. The Bertz CT molecular complexity index is 462. The van der Waals surface area contributed by atoms with Gasteiger partial charge < -0.3 is 16.8 Å². The Labute approximate surface area is 106 Å². The lowest BCUT2D eigenvalue weighted by Crippen LogP contribution is -2.48. The highest BCUT2D eigenvalue weighted by atomic mass is 16.2. The monoisotopic (exact) mass is 247 g/mol. The molecule has 1 saturated carbocycles. The number of hydrogen-bond acceptors (Lipinski definition) is 3. The number of primary amides is 1. The average molecular weight is 247 g/mol. The molecule has 1 aliphatic carbocycles. The number of rotatable bonds is 3. The average Bonchev–Trinajstić information content (AvgIpc) is 2.78. The van der Waals surface area contributed by atoms with E-state index in [0.29, 0.717) is 11.3 Å². The van der Waals surface area contributed by atoms with Crippen LogP contribution in [0.4, 0.5) is 5.69 Å². The summed E-state index contributed by atoms with van der Waals surface area (Å²) in [6.07, 6.45) is 3.42. The van der Waals surface area contributed by atoms with Gasteiger partial charge >= 0.3 is 0 Å². The Balaban J connectivity index is 2.05. The fourth-order valence-electron chi connectivity index (χ4n) is 2.21. The van der Waals surface area contributed by atoms with E-state index < -0.39 is 11.4 Å². The van der Waals surface area contributed by atoms with Crippen LogP contribution in [-0.4, -0.2) is 17.4 Å². The highest BCUT2D eigenvalue weighted by Gasteiger charge is 2.36. The van der Waals surface area contributed by atoms with Crippen molar-refractivity contribution in [2.45, 2.75) is 31.2 Å². The molecule has 0 bridgehead atoms. The van der Waals surface area contributed by atoms with E-state index in [2.05, 4.69) is 5.32 Å². The standard InChI is InChI=1S/C13H17N3O2/c14-11(17)9-3-5-10(6-4-9)16-12(18)13(15)7-1-2-8-13/h3-6H,1-2,7-8,15H2,(H2,14,17)(H,16,18). The molecule has 1 aromatic rings. The third kappa shape index (κ3) is 2.51. The number of anilines is 1. The van der Waals surface area contributed by atoms with Crippen molar-refractivity contribution in [1.29, 1.82) is 0 Å². The summed E-state index contributed by atoms with van der Waals surface area (Å²) in [6, 6.07) is 6.46. The van der Waals surface area contributed by atoms with Crippen molar-refractivity contribution >= 4 is 17.5 Å². The molecule has 5 nitrogen and oxygen atoms in total. The molecule has 5 heteroatoms. The molecule has 0 spiro atoms. The molecule has 0 heterocycles. The molecule has 5 N–H and O–H groups in total. The van der Waals surface area contributed by atoms with Crippen LogP contribution in [0.5, 0.6) is 0 Å². The molecule has 1 aliphatic rings. The molecule has 2 amide bonds. The van der Waals surface area contributed by atoms with Crippen molar-refractivity contribution in [3.63, 3.8) is 0 Å². The van der Waals surface area contributed by atoms with E-state index in [9.17, 15) is 9.59 Å². The van der Waals surface area contributed by atoms with Crippen LogP contribution in [0.2, 0.25) is 0 Å². The predicted octanol–water partition coefficient (Wildman–Crippen LogP) is 0.995. The zero-order valence-electron chi connectivity index (χ0n) is 10.1. The Hall–Kier alpha value is -1.88. The van der Waals surface area contributed by atoms with Gasteiger partial charge in [0.05, 0.1) is 5.54 Å². The third-order valence-corrected chi connectivity index (χ3v) is 3.38. The van der Waals surface area contributed by atoms with Gasteiger partial charge in [0.15, 0.2) is 0 Å². The maximum Gasteiger partial charge on any atom is 0.248 e. The number of benzene rings is 1. The summed E-state index contributed by atoms with van der Waals surface area (Å²) >= 11 is 0. The fraction of sp³-hybridized carbons (Fsp3) is 0.385. The minimum Gasteiger partial charge on any atom is -0.366 e. The van der Waals surface area contributed by atoms with E-state index in [1.807, 2.05) is 0 Å². The first-order chi connectivity index (χ1) is 8.51. The SMILES string of the molecule is NC(=O)c1ccc(NC(=O)C2(N)CCCC2)cc1. The van der Waals surface area contributed by atoms with Gasteiger partial charge in [-0.25, -0.2) is 0 Å². The van der Waals surface area contributed by atoms with Gasteiger partial charge in [-0.2, -0.15) is 0 Å². The molecular formula is C13H17N3O2.